The zero-order valence-corrected chi connectivity index (χ0v) is 29.8. The Balaban J connectivity index is 1.27. The molecule has 3 aromatic carbocycles. The number of carbonyl (C=O) groups excluding carboxylic acids is 2. The lowest BCUT2D eigenvalue weighted by Gasteiger charge is -2.45. The van der Waals surface area contributed by atoms with Crippen LogP contribution in [0, 0.1) is 17.5 Å². The van der Waals surface area contributed by atoms with E-state index in [1.165, 1.54) is 4.90 Å². The lowest BCUT2D eigenvalue weighted by molar-refractivity contribution is -0.163. The van der Waals surface area contributed by atoms with Gasteiger partial charge < -0.3 is 44.6 Å². The number of aliphatic hydroxyl groups is 2. The lowest BCUT2D eigenvalue weighted by Crippen LogP contribution is -2.64. The predicted octanol–water partition coefficient (Wildman–Crippen LogP) is 3.46. The van der Waals surface area contributed by atoms with Crippen LogP contribution in [0.3, 0.4) is 0 Å². The van der Waals surface area contributed by atoms with Gasteiger partial charge in [-0.1, -0.05) is 24.3 Å². The van der Waals surface area contributed by atoms with Gasteiger partial charge in [0.05, 0.1) is 26.9 Å². The number of aryl methyl sites for hydroxylation is 1. The topological polar surface area (TPSA) is 158 Å². The van der Waals surface area contributed by atoms with Gasteiger partial charge in [-0.2, -0.15) is 4.39 Å². The fraction of sp³-hybridized carbons (Fsp3) is 0.410. The zero-order chi connectivity index (χ0) is 38.7. The van der Waals surface area contributed by atoms with Crippen LogP contribution < -0.4 is 19.5 Å². The number of piperazine rings is 1. The molecule has 0 spiro atoms. The molecule has 2 fully saturated rings. The minimum atomic E-state index is -2.31. The predicted molar refractivity (Wildman–Crippen MR) is 188 cm³/mol. The Hall–Kier alpha value is -5.12. The van der Waals surface area contributed by atoms with Gasteiger partial charge in [0, 0.05) is 43.4 Å². The summed E-state index contributed by atoms with van der Waals surface area (Å²) in [4.78, 5) is 42.4. The van der Waals surface area contributed by atoms with E-state index in [1.54, 1.807) is 25.2 Å². The molecule has 0 aromatic heterocycles. The summed E-state index contributed by atoms with van der Waals surface area (Å²) in [6.45, 7) is 0.242. The van der Waals surface area contributed by atoms with E-state index in [1.807, 2.05) is 36.4 Å². The van der Waals surface area contributed by atoms with Crippen molar-refractivity contribution in [1.82, 2.24) is 15.1 Å². The molecule has 3 aliphatic rings. The van der Waals surface area contributed by atoms with Crippen molar-refractivity contribution in [2.24, 2.45) is 0 Å². The van der Waals surface area contributed by atoms with Gasteiger partial charge >= 0.3 is 5.97 Å². The number of carboxylic acids is 1. The summed E-state index contributed by atoms with van der Waals surface area (Å²) in [6.07, 6.45) is -1.70. The number of nitrogens with one attached hydrogen (secondary N) is 1. The Labute approximate surface area is 309 Å². The summed E-state index contributed by atoms with van der Waals surface area (Å²) in [7, 11) is 3.08. The average molecular weight is 754 g/mol. The van der Waals surface area contributed by atoms with Crippen molar-refractivity contribution in [3.05, 3.63) is 94.3 Å². The molecule has 4 N–H and O–H groups in total. The highest BCUT2D eigenvalue weighted by molar-refractivity contribution is 6.03. The Morgan fingerprint density at radius 1 is 0.907 bits per heavy atom. The minimum Gasteiger partial charge on any atom is -0.497 e. The summed E-state index contributed by atoms with van der Waals surface area (Å²) in [5.41, 5.74) is 3.66. The summed E-state index contributed by atoms with van der Waals surface area (Å²) < 4.78 is 57.6. The van der Waals surface area contributed by atoms with E-state index in [2.05, 4.69) is 5.32 Å². The molecular formula is C39H42F3N3O9. The van der Waals surface area contributed by atoms with Gasteiger partial charge in [-0.3, -0.25) is 9.59 Å². The molecule has 15 heteroatoms. The van der Waals surface area contributed by atoms with Crippen molar-refractivity contribution >= 4 is 23.4 Å². The number of benzene rings is 3. The molecule has 0 radical (unpaired) electrons. The number of amides is 2. The van der Waals surface area contributed by atoms with Crippen molar-refractivity contribution in [1.29, 1.82) is 0 Å². The largest absolute Gasteiger partial charge is 0.497 e. The van der Waals surface area contributed by atoms with Crippen LogP contribution in [0.2, 0.25) is 0 Å². The quantitative estimate of drug-likeness (QED) is 0.134. The fourth-order valence-corrected chi connectivity index (χ4v) is 7.03. The van der Waals surface area contributed by atoms with Gasteiger partial charge in [-0.15, -0.1) is 0 Å². The molecule has 12 nitrogen and oxygen atoms in total. The van der Waals surface area contributed by atoms with Crippen LogP contribution in [0.15, 0.2) is 60.2 Å². The van der Waals surface area contributed by atoms with Crippen LogP contribution in [-0.4, -0.2) is 107 Å². The van der Waals surface area contributed by atoms with Crippen molar-refractivity contribution in [3.63, 3.8) is 0 Å². The number of rotatable bonds is 15. The highest BCUT2D eigenvalue weighted by Crippen LogP contribution is 2.38. The minimum absolute atomic E-state index is 0.0334. The summed E-state index contributed by atoms with van der Waals surface area (Å²) in [5.74, 6) is -6.13. The van der Waals surface area contributed by atoms with Crippen molar-refractivity contribution in [3.8, 4) is 17.2 Å². The zero-order valence-electron chi connectivity index (χ0n) is 29.8. The molecule has 4 atom stereocenters. The summed E-state index contributed by atoms with van der Waals surface area (Å²) >= 11 is 0. The number of halogens is 3. The third-order valence-corrected chi connectivity index (χ3v) is 9.93. The summed E-state index contributed by atoms with van der Waals surface area (Å²) in [5, 5.41) is 32.9. The van der Waals surface area contributed by atoms with E-state index in [9.17, 15) is 42.9 Å². The van der Waals surface area contributed by atoms with Crippen LogP contribution in [0.25, 0.3) is 5.57 Å². The van der Waals surface area contributed by atoms with Gasteiger partial charge in [0.25, 0.3) is 11.8 Å². The van der Waals surface area contributed by atoms with Crippen molar-refractivity contribution in [2.75, 3.05) is 33.9 Å². The second kappa shape index (κ2) is 16.5. The van der Waals surface area contributed by atoms with E-state index in [4.69, 9.17) is 14.2 Å². The fourth-order valence-electron chi connectivity index (χ4n) is 7.03. The van der Waals surface area contributed by atoms with Gasteiger partial charge in [-0.05, 0) is 78.6 Å². The van der Waals surface area contributed by atoms with Crippen LogP contribution >= 0.6 is 0 Å². The van der Waals surface area contributed by atoms with Gasteiger partial charge in [0.2, 0.25) is 5.82 Å². The molecule has 1 saturated heterocycles. The molecule has 2 heterocycles. The molecule has 0 unspecified atom stereocenters. The molecule has 6 rings (SSSR count). The maximum atomic E-state index is 14.8. The van der Waals surface area contributed by atoms with Gasteiger partial charge in [-0.25, -0.2) is 13.6 Å². The number of nitrogens with zero attached hydrogens (tertiary/aromatic N) is 2. The highest BCUT2D eigenvalue weighted by atomic mass is 19.2. The van der Waals surface area contributed by atoms with E-state index in [0.717, 1.165) is 41.2 Å². The Morgan fingerprint density at radius 3 is 2.20 bits per heavy atom. The number of fused-ring (bicyclic) bond motifs is 2. The molecule has 288 valence electrons. The first kappa shape index (κ1) is 38.6. The Morgan fingerprint density at radius 2 is 1.57 bits per heavy atom. The lowest BCUT2D eigenvalue weighted by atomic mass is 9.82. The van der Waals surface area contributed by atoms with E-state index < -0.39 is 53.3 Å². The second-order valence-corrected chi connectivity index (χ2v) is 13.7. The molecule has 2 amide bonds. The molecule has 54 heavy (non-hydrogen) atoms. The molecular weight excluding hydrogens is 711 g/mol. The maximum absolute atomic E-state index is 14.8. The van der Waals surface area contributed by atoms with Crippen LogP contribution in [-0.2, 0) is 27.3 Å². The number of ether oxygens (including phenoxy) is 3. The number of hydrogen-bond donors (Lipinski definition) is 4. The van der Waals surface area contributed by atoms with Crippen LogP contribution in [0.5, 0.6) is 17.2 Å². The van der Waals surface area contributed by atoms with Crippen LogP contribution in [0.4, 0.5) is 13.2 Å². The normalized spacial score (nSPS) is 19.2. The van der Waals surface area contributed by atoms with E-state index >= 15 is 0 Å². The van der Waals surface area contributed by atoms with E-state index in [0.29, 0.717) is 42.4 Å². The van der Waals surface area contributed by atoms with Crippen molar-refractivity contribution < 1.29 is 57.1 Å². The Kier molecular flexibility index (Phi) is 11.8. The third kappa shape index (κ3) is 8.48. The smallest absolute Gasteiger partial charge is 0.335 e. The first-order chi connectivity index (χ1) is 25.9. The third-order valence-electron chi connectivity index (χ3n) is 9.93. The highest BCUT2D eigenvalue weighted by Gasteiger charge is 2.45. The molecule has 1 saturated carbocycles. The molecule has 1 aliphatic carbocycles. The van der Waals surface area contributed by atoms with Gasteiger partial charge in [0.15, 0.2) is 29.6 Å². The number of carboxylic acid groups (broad SMARTS) is 1. The maximum Gasteiger partial charge on any atom is 0.335 e. The van der Waals surface area contributed by atoms with Crippen LogP contribution in [0.1, 0.15) is 42.4 Å². The Bertz CT molecular complexity index is 1900. The number of methoxy groups -OCH3 is 2. The van der Waals surface area contributed by atoms with E-state index in [-0.39, 0.29) is 44.2 Å². The molecule has 2 aliphatic heterocycles. The number of hydrogen-bond acceptors (Lipinski definition) is 9. The second-order valence-electron chi connectivity index (χ2n) is 13.7. The first-order valence-electron chi connectivity index (χ1n) is 17.6. The first-order valence-corrected chi connectivity index (χ1v) is 17.6. The molecule has 2 bridgehead atoms. The van der Waals surface area contributed by atoms with Gasteiger partial charge in [0.1, 0.15) is 11.5 Å². The number of aliphatic carboxylic acids is 1. The SMILES string of the molecule is COc1cc(CN(C(=O)C2=C(c3ccc(CCCOc4c(F)ccc(F)c4F)cc3)C[C@@H]3CN(C(=O)[C@@H](O)[C@@H](O)C(=O)O)C[C@H]2N3)C2CC2)cc(OC)c1. The van der Waals surface area contributed by atoms with Crippen molar-refractivity contribution in [2.45, 2.75) is 69.0 Å². The standard InChI is InChI=1S/C39H42F3N3O9/c1-52-26-14-22(15-27(17-26)53-2)18-45(25-9-10-25)37(48)32-28(16-24-19-44(20-31(32)43-24)38(49)34(46)35(47)39(50)51)23-7-5-21(6-8-23)4-3-13-54-36-30(41)12-11-29(40)33(36)42/h5-8,11-12,14-15,17,24-25,31,34-35,43,46-47H,3-4,9-10,13,16,18-20H2,1-2H3,(H,50,51)/t24-,31-,34+,35-/m1/s1. The molecule has 3 aromatic rings. The number of carbonyl (C=O) groups is 3. The monoisotopic (exact) mass is 753 g/mol. The average Bonchev–Trinajstić information content (AvgIpc) is 4.02. The summed E-state index contributed by atoms with van der Waals surface area (Å²) in [6, 6.07) is 13.4. The number of aliphatic hydroxyl groups excluding tert-OH is 2.